The van der Waals surface area contributed by atoms with Crippen LogP contribution in [0.5, 0.6) is 0 Å². The van der Waals surface area contributed by atoms with Crippen molar-refractivity contribution in [3.63, 3.8) is 0 Å². The highest BCUT2D eigenvalue weighted by Gasteiger charge is 2.45. The Balaban J connectivity index is 2.08. The number of alkyl halides is 2. The Bertz CT molecular complexity index is 429. The maximum absolute atomic E-state index is 12.2. The van der Waals surface area contributed by atoms with Crippen molar-refractivity contribution in [3.8, 4) is 6.07 Å². The second-order valence-electron chi connectivity index (χ2n) is 4.58. The highest BCUT2D eigenvalue weighted by Crippen LogP contribution is 2.32. The summed E-state index contributed by atoms with van der Waals surface area (Å²) >= 11 is 0. The lowest BCUT2D eigenvalue weighted by atomic mass is 9.87. The van der Waals surface area contributed by atoms with Gasteiger partial charge < -0.3 is 0 Å². The van der Waals surface area contributed by atoms with Crippen molar-refractivity contribution < 1.29 is 8.78 Å². The van der Waals surface area contributed by atoms with E-state index in [9.17, 15) is 8.78 Å². The third kappa shape index (κ3) is 2.29. The van der Waals surface area contributed by atoms with E-state index >= 15 is 0 Å². The first-order chi connectivity index (χ1) is 8.05. The summed E-state index contributed by atoms with van der Waals surface area (Å²) in [6.07, 6.45) is 1.55. The number of hydrogen-bond acceptors (Lipinski definition) is 3. The summed E-state index contributed by atoms with van der Waals surface area (Å²) in [6, 6.07) is 2.12. The van der Waals surface area contributed by atoms with Crippen LogP contribution in [0.3, 0.4) is 0 Å². The number of hydrogen-bond donors (Lipinski definition) is 0. The lowest BCUT2D eigenvalue weighted by Gasteiger charge is -2.49. The molecule has 0 aromatic carbocycles. The summed E-state index contributed by atoms with van der Waals surface area (Å²) in [4.78, 5) is 1.65. The molecule has 4 nitrogen and oxygen atoms in total. The topological polar surface area (TPSA) is 44.9 Å². The fraction of sp³-hybridized carbons (Fsp3) is 0.636. The number of nitrogens with zero attached hydrogens (tertiary/aromatic N) is 4. The molecule has 0 bridgehead atoms. The van der Waals surface area contributed by atoms with Gasteiger partial charge in [-0.1, -0.05) is 0 Å². The first-order valence-electron chi connectivity index (χ1n) is 5.45. The van der Waals surface area contributed by atoms with Crippen LogP contribution in [-0.4, -0.2) is 40.7 Å². The van der Waals surface area contributed by atoms with Crippen LogP contribution in [0.2, 0.25) is 0 Å². The molecule has 1 saturated heterocycles. The zero-order valence-electron chi connectivity index (χ0n) is 9.61. The summed E-state index contributed by atoms with van der Waals surface area (Å²) < 4.78 is 26.2. The van der Waals surface area contributed by atoms with Gasteiger partial charge in [0.25, 0.3) is 6.43 Å². The zero-order chi connectivity index (χ0) is 12.5. The van der Waals surface area contributed by atoms with E-state index < -0.39 is 12.0 Å². The molecule has 0 N–H and O–H groups in total. The van der Waals surface area contributed by atoms with Crippen LogP contribution in [0.25, 0.3) is 0 Å². The summed E-state index contributed by atoms with van der Waals surface area (Å²) in [5, 5.41) is 13.0. The van der Waals surface area contributed by atoms with E-state index in [0.717, 1.165) is 5.56 Å². The van der Waals surface area contributed by atoms with E-state index in [1.54, 1.807) is 15.8 Å². The lowest BCUT2D eigenvalue weighted by molar-refractivity contribution is -0.0312. The van der Waals surface area contributed by atoms with E-state index in [1.807, 2.05) is 13.1 Å². The number of aromatic nitrogens is 2. The fourth-order valence-corrected chi connectivity index (χ4v) is 2.27. The van der Waals surface area contributed by atoms with Crippen molar-refractivity contribution in [2.24, 2.45) is 0 Å². The molecule has 2 rings (SSSR count). The van der Waals surface area contributed by atoms with Gasteiger partial charge in [-0.2, -0.15) is 10.4 Å². The maximum Gasteiger partial charge on any atom is 0.251 e. The van der Waals surface area contributed by atoms with Crippen molar-refractivity contribution in [2.75, 3.05) is 19.6 Å². The third-order valence-electron chi connectivity index (χ3n) is 3.04. The lowest BCUT2D eigenvalue weighted by Crippen LogP contribution is -2.63. The van der Waals surface area contributed by atoms with Gasteiger partial charge in [-0.25, -0.2) is 8.78 Å². The fourth-order valence-electron chi connectivity index (χ4n) is 2.27. The molecule has 0 aliphatic carbocycles. The standard InChI is InChI=1S/C11H14F2N4/c1-9-4-15-17(5-9)11(2-3-14)7-16(8-11)6-10(12)13/h4-5,10H,2,6-8H2,1H3. The summed E-state index contributed by atoms with van der Waals surface area (Å²) in [5.74, 6) is 0. The van der Waals surface area contributed by atoms with Crippen LogP contribution in [0.4, 0.5) is 8.78 Å². The number of likely N-dealkylation sites (tertiary alicyclic amines) is 1. The number of halogens is 2. The summed E-state index contributed by atoms with van der Waals surface area (Å²) in [5.41, 5.74) is 0.590. The van der Waals surface area contributed by atoms with Crippen LogP contribution in [0.15, 0.2) is 12.4 Å². The first kappa shape index (κ1) is 12.0. The molecule has 0 atom stereocenters. The van der Waals surface area contributed by atoms with Gasteiger partial charge in [0.15, 0.2) is 0 Å². The van der Waals surface area contributed by atoms with Crippen molar-refractivity contribution in [2.45, 2.75) is 25.3 Å². The third-order valence-corrected chi connectivity index (χ3v) is 3.04. The number of nitriles is 1. The van der Waals surface area contributed by atoms with Crippen molar-refractivity contribution in [3.05, 3.63) is 18.0 Å². The molecule has 6 heteroatoms. The smallest absolute Gasteiger partial charge is 0.251 e. The Kier molecular flexibility index (Phi) is 3.11. The monoisotopic (exact) mass is 240 g/mol. The molecule has 92 valence electrons. The van der Waals surface area contributed by atoms with Crippen LogP contribution < -0.4 is 0 Å². The molecule has 1 aliphatic heterocycles. The van der Waals surface area contributed by atoms with Gasteiger partial charge in [-0.3, -0.25) is 9.58 Å². The van der Waals surface area contributed by atoms with Gasteiger partial charge >= 0.3 is 0 Å². The van der Waals surface area contributed by atoms with Crippen LogP contribution in [0.1, 0.15) is 12.0 Å². The molecular weight excluding hydrogens is 226 g/mol. The van der Waals surface area contributed by atoms with Crippen molar-refractivity contribution >= 4 is 0 Å². The molecule has 1 fully saturated rings. The molecule has 0 spiro atoms. The predicted molar refractivity (Wildman–Crippen MR) is 57.6 cm³/mol. The number of aryl methyl sites for hydroxylation is 1. The van der Waals surface area contributed by atoms with E-state index in [-0.39, 0.29) is 6.54 Å². The Morgan fingerprint density at radius 1 is 1.59 bits per heavy atom. The van der Waals surface area contributed by atoms with Crippen LogP contribution in [-0.2, 0) is 5.54 Å². The average Bonchev–Trinajstić information content (AvgIpc) is 2.61. The van der Waals surface area contributed by atoms with Crippen molar-refractivity contribution in [1.29, 1.82) is 5.26 Å². The van der Waals surface area contributed by atoms with E-state index in [2.05, 4.69) is 11.2 Å². The second-order valence-corrected chi connectivity index (χ2v) is 4.58. The minimum atomic E-state index is -2.32. The molecule has 2 heterocycles. The first-order valence-corrected chi connectivity index (χ1v) is 5.45. The Hall–Kier alpha value is -1.48. The number of rotatable bonds is 4. The van der Waals surface area contributed by atoms with E-state index in [4.69, 9.17) is 5.26 Å². The predicted octanol–water partition coefficient (Wildman–Crippen LogP) is 1.38. The zero-order valence-corrected chi connectivity index (χ0v) is 9.61. The molecule has 0 saturated carbocycles. The quantitative estimate of drug-likeness (QED) is 0.798. The normalized spacial score (nSPS) is 19.0. The molecule has 17 heavy (non-hydrogen) atoms. The minimum Gasteiger partial charge on any atom is -0.293 e. The van der Waals surface area contributed by atoms with E-state index in [0.29, 0.717) is 19.5 Å². The largest absolute Gasteiger partial charge is 0.293 e. The van der Waals surface area contributed by atoms with Crippen LogP contribution in [0, 0.1) is 18.3 Å². The van der Waals surface area contributed by atoms with Gasteiger partial charge in [-0.15, -0.1) is 0 Å². The molecular formula is C11H14F2N4. The summed E-state index contributed by atoms with van der Waals surface area (Å²) in [6.45, 7) is 2.62. The summed E-state index contributed by atoms with van der Waals surface area (Å²) in [7, 11) is 0. The molecule has 0 amide bonds. The Morgan fingerprint density at radius 2 is 2.29 bits per heavy atom. The molecule has 1 aromatic heterocycles. The average molecular weight is 240 g/mol. The van der Waals surface area contributed by atoms with Gasteiger partial charge in [0.05, 0.1) is 25.2 Å². The second kappa shape index (κ2) is 4.41. The Morgan fingerprint density at radius 3 is 2.76 bits per heavy atom. The van der Waals surface area contributed by atoms with Gasteiger partial charge in [0.1, 0.15) is 5.54 Å². The minimum absolute atomic E-state index is 0.229. The highest BCUT2D eigenvalue weighted by molar-refractivity contribution is 5.10. The Labute approximate surface area is 98.4 Å². The molecule has 1 aliphatic rings. The molecule has 1 aromatic rings. The van der Waals surface area contributed by atoms with Gasteiger partial charge in [0.2, 0.25) is 0 Å². The van der Waals surface area contributed by atoms with Crippen molar-refractivity contribution in [1.82, 2.24) is 14.7 Å². The molecule has 0 unspecified atom stereocenters. The highest BCUT2D eigenvalue weighted by atomic mass is 19.3. The SMILES string of the molecule is Cc1cnn(C2(CC#N)CN(CC(F)F)C2)c1. The van der Waals surface area contributed by atoms with Crippen LogP contribution >= 0.6 is 0 Å². The maximum atomic E-state index is 12.2. The molecule has 0 radical (unpaired) electrons. The van der Waals surface area contributed by atoms with E-state index in [1.165, 1.54) is 0 Å². The van der Waals surface area contributed by atoms with Gasteiger partial charge in [-0.05, 0) is 12.5 Å². The van der Waals surface area contributed by atoms with Gasteiger partial charge in [0, 0.05) is 19.3 Å².